The highest BCUT2D eigenvalue weighted by atomic mass is 79.9. The second kappa shape index (κ2) is 17.1. The van der Waals surface area contributed by atoms with Gasteiger partial charge in [0.2, 0.25) is 0 Å². The number of imidazole rings is 1. The Hall–Kier alpha value is -4.29. The molecule has 56 heavy (non-hydrogen) atoms. The quantitative estimate of drug-likeness (QED) is 0.0932. The molecule has 2 aromatic carbocycles. The fraction of sp³-hybridized carbons (Fsp3) is 0.462. The van der Waals surface area contributed by atoms with Crippen LogP contribution in [0.3, 0.4) is 0 Å². The van der Waals surface area contributed by atoms with E-state index >= 15 is 0 Å². The molecule has 0 aliphatic carbocycles. The molecule has 1 N–H and O–H groups in total. The van der Waals surface area contributed by atoms with E-state index in [1.165, 1.54) is 12.7 Å². The molecule has 2 aromatic heterocycles. The van der Waals surface area contributed by atoms with Gasteiger partial charge in [-0.25, -0.2) is 29.4 Å². The Balaban J connectivity index is 1.27. The minimum absolute atomic E-state index is 0.00140. The Bertz CT molecular complexity index is 1990. The van der Waals surface area contributed by atoms with Gasteiger partial charge in [-0.05, 0) is 78.6 Å². The van der Waals surface area contributed by atoms with E-state index in [1.54, 1.807) is 92.9 Å². The van der Waals surface area contributed by atoms with Crippen LogP contribution in [-0.2, 0) is 28.5 Å². The first-order valence-corrected chi connectivity index (χ1v) is 20.0. The first kappa shape index (κ1) is 41.3. The Kier molecular flexibility index (Phi) is 12.6. The summed E-state index contributed by atoms with van der Waals surface area (Å²) in [4.78, 5) is 67.4. The Morgan fingerprint density at radius 3 is 2.11 bits per heavy atom. The summed E-state index contributed by atoms with van der Waals surface area (Å²) >= 11 is 7.61. The highest BCUT2D eigenvalue weighted by Crippen LogP contribution is 2.47. The molecule has 0 saturated carbocycles. The van der Waals surface area contributed by atoms with Gasteiger partial charge in [-0.1, -0.05) is 68.3 Å². The van der Waals surface area contributed by atoms with Crippen molar-refractivity contribution in [1.82, 2.24) is 24.8 Å². The van der Waals surface area contributed by atoms with E-state index in [0.717, 1.165) is 4.90 Å². The van der Waals surface area contributed by atoms with Crippen molar-refractivity contribution in [2.45, 2.75) is 106 Å². The highest BCUT2D eigenvalue weighted by molar-refractivity contribution is 9.12. The van der Waals surface area contributed by atoms with Crippen LogP contribution in [0.15, 0.2) is 73.3 Å². The van der Waals surface area contributed by atoms with E-state index in [1.807, 2.05) is 13.8 Å². The molecule has 3 amide bonds. The van der Waals surface area contributed by atoms with Gasteiger partial charge in [-0.3, -0.25) is 14.2 Å². The van der Waals surface area contributed by atoms with Crippen LogP contribution in [0.2, 0.25) is 0 Å². The van der Waals surface area contributed by atoms with Crippen molar-refractivity contribution in [3.05, 3.63) is 84.4 Å². The SMILES string of the molecule is CCOC(=O)C(CCC(Br)C(Br)[C@H]1O[C@@H](n2cnc3c(N(C(=O)c4ccccc4)C(=O)c4ccccc4)ncnc32)[C@@H]2OC(C)(C)O[C@@H]21)NC(=O)OC(C)(C)C. The number of ether oxygens (including phenoxy) is 5. The number of esters is 1. The van der Waals surface area contributed by atoms with Crippen LogP contribution in [-0.4, -0.2) is 95.4 Å². The summed E-state index contributed by atoms with van der Waals surface area (Å²) in [7, 11) is 0. The standard InChI is InChI=1S/C39H44Br2N6O9/c1-7-52-36(50)25(45-37(51)56-38(2,3)4)19-18-24(40)26(41)28-29-30(55-39(5,6)54-29)35(53-28)46-21-44-27-31(46)42-20-43-32(27)47(33(48)22-14-10-8-11-15-22)34(49)23-16-12-9-13-17-23/h8-17,20-21,24-26,28-30,35H,7,18-19H2,1-6H3,(H,45,51)/t24?,25?,26?,28-,29-,30-,35-/m1/s1. The van der Waals surface area contributed by atoms with E-state index in [9.17, 15) is 19.2 Å². The largest absolute Gasteiger partial charge is 0.464 e. The zero-order chi connectivity index (χ0) is 40.4. The van der Waals surface area contributed by atoms with Crippen LogP contribution in [0.5, 0.6) is 0 Å². The van der Waals surface area contributed by atoms with Crippen LogP contribution in [0.1, 0.15) is 81.3 Å². The molecule has 17 heteroatoms. The maximum atomic E-state index is 14.0. The van der Waals surface area contributed by atoms with E-state index in [0.29, 0.717) is 12.1 Å². The number of benzene rings is 2. The average molecular weight is 901 g/mol. The maximum Gasteiger partial charge on any atom is 0.408 e. The zero-order valence-electron chi connectivity index (χ0n) is 31.8. The number of carbonyl (C=O) groups excluding carboxylic acids is 4. The molecule has 15 nitrogen and oxygen atoms in total. The Morgan fingerprint density at radius 2 is 1.52 bits per heavy atom. The average Bonchev–Trinajstić information content (AvgIpc) is 3.83. The summed E-state index contributed by atoms with van der Waals surface area (Å²) in [5.41, 5.74) is 0.311. The summed E-state index contributed by atoms with van der Waals surface area (Å²) < 4.78 is 31.8. The lowest BCUT2D eigenvalue weighted by Gasteiger charge is -2.29. The molecule has 298 valence electrons. The van der Waals surface area contributed by atoms with Crippen molar-refractivity contribution in [3.8, 4) is 0 Å². The predicted molar refractivity (Wildman–Crippen MR) is 212 cm³/mol. The number of hydrogen-bond acceptors (Lipinski definition) is 12. The molecule has 7 atom stereocenters. The van der Waals surface area contributed by atoms with Gasteiger partial charge in [0.05, 0.1) is 17.8 Å². The van der Waals surface area contributed by atoms with E-state index < -0.39 is 65.8 Å². The van der Waals surface area contributed by atoms with Crippen molar-refractivity contribution in [1.29, 1.82) is 0 Å². The summed E-state index contributed by atoms with van der Waals surface area (Å²) in [6.07, 6.45) is 0.121. The molecular weight excluding hydrogens is 856 g/mol. The van der Waals surface area contributed by atoms with E-state index in [2.05, 4.69) is 52.1 Å². The number of nitrogens with zero attached hydrogens (tertiary/aromatic N) is 5. The van der Waals surface area contributed by atoms with Gasteiger partial charge >= 0.3 is 12.1 Å². The van der Waals surface area contributed by atoms with Crippen molar-refractivity contribution in [2.75, 3.05) is 11.5 Å². The monoisotopic (exact) mass is 898 g/mol. The summed E-state index contributed by atoms with van der Waals surface area (Å²) in [6.45, 7) is 10.7. The Morgan fingerprint density at radius 1 is 0.911 bits per heavy atom. The lowest BCUT2D eigenvalue weighted by Crippen LogP contribution is -2.45. The minimum atomic E-state index is -0.964. The predicted octanol–water partition coefficient (Wildman–Crippen LogP) is 6.49. The van der Waals surface area contributed by atoms with Gasteiger partial charge in [0, 0.05) is 16.0 Å². The third kappa shape index (κ3) is 9.12. The molecule has 0 radical (unpaired) electrons. The molecule has 2 aliphatic rings. The second-order valence-corrected chi connectivity index (χ2v) is 17.0. The normalized spacial score (nSPS) is 21.8. The lowest BCUT2D eigenvalue weighted by atomic mass is 10.0. The van der Waals surface area contributed by atoms with Gasteiger partial charge in [-0.2, -0.15) is 0 Å². The third-order valence-corrected chi connectivity index (χ3v) is 11.9. The van der Waals surface area contributed by atoms with Gasteiger partial charge in [0.15, 0.2) is 29.0 Å². The van der Waals surface area contributed by atoms with Crippen LogP contribution < -0.4 is 10.2 Å². The van der Waals surface area contributed by atoms with Gasteiger partial charge in [0.25, 0.3) is 11.8 Å². The number of amides is 3. The number of rotatable bonds is 12. The molecule has 2 saturated heterocycles. The number of halogens is 2. The summed E-state index contributed by atoms with van der Waals surface area (Å²) in [5.74, 6) is -2.70. The fourth-order valence-electron chi connectivity index (χ4n) is 6.61. The first-order valence-electron chi connectivity index (χ1n) is 18.2. The number of alkyl halides is 2. The smallest absolute Gasteiger partial charge is 0.408 e. The van der Waals surface area contributed by atoms with E-state index in [4.69, 9.17) is 23.7 Å². The second-order valence-electron chi connectivity index (χ2n) is 14.7. The summed E-state index contributed by atoms with van der Waals surface area (Å²) in [6, 6.07) is 16.0. The van der Waals surface area contributed by atoms with Crippen LogP contribution in [0.4, 0.5) is 10.6 Å². The molecule has 2 fully saturated rings. The topological polar surface area (TPSA) is 173 Å². The van der Waals surface area contributed by atoms with Crippen LogP contribution in [0, 0.1) is 0 Å². The molecule has 2 aliphatic heterocycles. The number of hydrogen-bond donors (Lipinski definition) is 1. The van der Waals surface area contributed by atoms with Gasteiger partial charge in [0.1, 0.15) is 36.3 Å². The number of carbonyl (C=O) groups is 4. The summed E-state index contributed by atoms with van der Waals surface area (Å²) in [5, 5.41) is 2.64. The molecule has 0 spiro atoms. The molecule has 3 unspecified atom stereocenters. The molecule has 6 rings (SSSR count). The number of imide groups is 1. The molecular formula is C39H44Br2N6O9. The number of aromatic nitrogens is 4. The van der Waals surface area contributed by atoms with Crippen LogP contribution in [0.25, 0.3) is 11.2 Å². The molecule has 4 heterocycles. The van der Waals surface area contributed by atoms with Crippen molar-refractivity contribution < 1.29 is 42.9 Å². The van der Waals surface area contributed by atoms with Crippen LogP contribution >= 0.6 is 31.9 Å². The van der Waals surface area contributed by atoms with E-state index in [-0.39, 0.29) is 45.1 Å². The van der Waals surface area contributed by atoms with Crippen molar-refractivity contribution in [2.24, 2.45) is 0 Å². The number of nitrogens with one attached hydrogen (secondary N) is 1. The van der Waals surface area contributed by atoms with Gasteiger partial charge in [-0.15, -0.1) is 0 Å². The zero-order valence-corrected chi connectivity index (χ0v) is 34.9. The first-order chi connectivity index (χ1) is 26.6. The maximum absolute atomic E-state index is 14.0. The van der Waals surface area contributed by atoms with Crippen molar-refractivity contribution >= 4 is 72.7 Å². The molecule has 0 bridgehead atoms. The lowest BCUT2D eigenvalue weighted by molar-refractivity contribution is -0.196. The Labute approximate surface area is 341 Å². The third-order valence-electron chi connectivity index (χ3n) is 8.99. The van der Waals surface area contributed by atoms with Crippen molar-refractivity contribution in [3.63, 3.8) is 0 Å². The minimum Gasteiger partial charge on any atom is -0.464 e. The number of fused-ring (bicyclic) bond motifs is 2. The fourth-order valence-corrected chi connectivity index (χ4v) is 7.87. The number of alkyl carbamates (subject to hydrolysis) is 1. The number of anilines is 1. The van der Waals surface area contributed by atoms with Gasteiger partial charge < -0.3 is 29.0 Å². The molecule has 4 aromatic rings. The highest BCUT2D eigenvalue weighted by Gasteiger charge is 2.58.